The highest BCUT2D eigenvalue weighted by Crippen LogP contribution is 2.52. The van der Waals surface area contributed by atoms with E-state index in [1.807, 2.05) is 4.90 Å². The number of fused-ring (bicyclic) bond motifs is 2. The number of amides is 1. The number of hydrogen-bond donors (Lipinski definition) is 0. The van der Waals surface area contributed by atoms with Gasteiger partial charge in [-0.15, -0.1) is 0 Å². The molecule has 1 saturated carbocycles. The van der Waals surface area contributed by atoms with E-state index in [0.717, 1.165) is 25.8 Å². The average molecular weight is 276 g/mol. The van der Waals surface area contributed by atoms with Crippen molar-refractivity contribution in [3.8, 4) is 0 Å². The van der Waals surface area contributed by atoms with Gasteiger partial charge in [0.1, 0.15) is 0 Å². The third kappa shape index (κ3) is 2.32. The highest BCUT2D eigenvalue weighted by molar-refractivity contribution is 5.94. The van der Waals surface area contributed by atoms with E-state index >= 15 is 0 Å². The Morgan fingerprint density at radius 3 is 2.85 bits per heavy atom. The predicted octanol–water partition coefficient (Wildman–Crippen LogP) is 3.26. The van der Waals surface area contributed by atoms with Gasteiger partial charge < -0.3 is 4.90 Å². The number of carbonyl (C=O) groups is 1. The molecule has 1 amide bonds. The molecule has 1 aliphatic heterocycles. The van der Waals surface area contributed by atoms with Crippen molar-refractivity contribution in [1.29, 1.82) is 0 Å². The van der Waals surface area contributed by atoms with Crippen LogP contribution in [0.25, 0.3) is 0 Å². The molecule has 2 fully saturated rings. The van der Waals surface area contributed by atoms with Crippen molar-refractivity contribution >= 4 is 5.91 Å². The SMILES string of the molecule is CC1(C)CC2CC(C)(CN2C(=O)c2ccnc(F)c2)C1. The number of hydrogen-bond acceptors (Lipinski definition) is 2. The standard InChI is InChI=1S/C16H21FN2O/c1-15(2)7-12-8-16(3,9-15)10-19(12)14(20)11-4-5-18-13(17)6-11/h4-6,12H,7-10H2,1-3H3. The van der Waals surface area contributed by atoms with E-state index in [-0.39, 0.29) is 22.8 Å². The second kappa shape index (κ2) is 4.27. The molecule has 3 nitrogen and oxygen atoms in total. The van der Waals surface area contributed by atoms with E-state index in [1.54, 1.807) is 6.07 Å². The third-order valence-electron chi connectivity index (χ3n) is 4.65. The lowest BCUT2D eigenvalue weighted by Crippen LogP contribution is -2.37. The molecule has 20 heavy (non-hydrogen) atoms. The number of carbonyl (C=O) groups excluding carboxylic acids is 1. The largest absolute Gasteiger partial charge is 0.335 e. The lowest BCUT2D eigenvalue weighted by Gasteiger charge is -2.39. The predicted molar refractivity (Wildman–Crippen MR) is 74.8 cm³/mol. The second-order valence-corrected chi connectivity index (χ2v) is 7.51. The lowest BCUT2D eigenvalue weighted by molar-refractivity contribution is 0.0707. The molecule has 3 rings (SSSR count). The fraction of sp³-hybridized carbons (Fsp3) is 0.625. The van der Waals surface area contributed by atoms with Gasteiger partial charge in [0.2, 0.25) is 5.95 Å². The van der Waals surface area contributed by atoms with Gasteiger partial charge in [-0.3, -0.25) is 4.79 Å². The molecule has 2 heterocycles. The number of nitrogens with zero attached hydrogens (tertiary/aromatic N) is 2. The minimum Gasteiger partial charge on any atom is -0.335 e. The maximum atomic E-state index is 13.2. The smallest absolute Gasteiger partial charge is 0.254 e. The van der Waals surface area contributed by atoms with Gasteiger partial charge >= 0.3 is 0 Å². The molecule has 1 aliphatic carbocycles. The Kier molecular flexibility index (Phi) is 2.89. The Hall–Kier alpha value is -1.45. The van der Waals surface area contributed by atoms with Crippen molar-refractivity contribution in [3.05, 3.63) is 29.8 Å². The Morgan fingerprint density at radius 1 is 1.40 bits per heavy atom. The zero-order valence-corrected chi connectivity index (χ0v) is 12.3. The van der Waals surface area contributed by atoms with Gasteiger partial charge in [-0.2, -0.15) is 4.39 Å². The van der Waals surface area contributed by atoms with E-state index in [1.165, 1.54) is 12.3 Å². The van der Waals surface area contributed by atoms with Crippen molar-refractivity contribution in [2.24, 2.45) is 10.8 Å². The fourth-order valence-electron chi connectivity index (χ4n) is 4.40. The molecule has 4 heteroatoms. The van der Waals surface area contributed by atoms with Crippen molar-refractivity contribution < 1.29 is 9.18 Å². The van der Waals surface area contributed by atoms with Crippen LogP contribution in [0.15, 0.2) is 18.3 Å². The zero-order chi connectivity index (χ0) is 14.5. The summed E-state index contributed by atoms with van der Waals surface area (Å²) in [5.74, 6) is -0.651. The molecule has 2 atom stereocenters. The first-order valence-corrected chi connectivity index (χ1v) is 7.21. The maximum absolute atomic E-state index is 13.2. The van der Waals surface area contributed by atoms with Crippen LogP contribution in [0.5, 0.6) is 0 Å². The van der Waals surface area contributed by atoms with Crippen LogP contribution < -0.4 is 0 Å². The minimum absolute atomic E-state index is 0.0577. The summed E-state index contributed by atoms with van der Waals surface area (Å²) in [7, 11) is 0. The molecular weight excluding hydrogens is 255 g/mol. The van der Waals surface area contributed by atoms with Gasteiger partial charge in [0.25, 0.3) is 5.91 Å². The molecule has 2 aliphatic rings. The van der Waals surface area contributed by atoms with E-state index in [2.05, 4.69) is 25.8 Å². The normalized spacial score (nSPS) is 31.4. The molecule has 0 spiro atoms. The highest BCUT2D eigenvalue weighted by Gasteiger charge is 2.51. The number of likely N-dealkylation sites (tertiary alicyclic amines) is 1. The Morgan fingerprint density at radius 2 is 2.15 bits per heavy atom. The summed E-state index contributed by atoms with van der Waals surface area (Å²) in [6, 6.07) is 3.12. The summed E-state index contributed by atoms with van der Waals surface area (Å²) in [6.45, 7) is 7.60. The Balaban J connectivity index is 1.87. The van der Waals surface area contributed by atoms with E-state index in [9.17, 15) is 9.18 Å². The van der Waals surface area contributed by atoms with Crippen LogP contribution in [0.2, 0.25) is 0 Å². The number of pyridine rings is 1. The first-order chi connectivity index (χ1) is 9.28. The molecule has 1 aromatic rings. The minimum atomic E-state index is -0.593. The maximum Gasteiger partial charge on any atom is 0.254 e. The topological polar surface area (TPSA) is 33.2 Å². The van der Waals surface area contributed by atoms with E-state index in [4.69, 9.17) is 0 Å². The summed E-state index contributed by atoms with van der Waals surface area (Å²) in [5, 5.41) is 0. The summed E-state index contributed by atoms with van der Waals surface area (Å²) < 4.78 is 13.2. The van der Waals surface area contributed by atoms with Gasteiger partial charge in [-0.05, 0) is 36.2 Å². The van der Waals surface area contributed by atoms with Crippen LogP contribution in [0.4, 0.5) is 4.39 Å². The summed E-state index contributed by atoms with van der Waals surface area (Å²) in [4.78, 5) is 18.1. The van der Waals surface area contributed by atoms with Crippen molar-refractivity contribution in [2.45, 2.75) is 46.1 Å². The first kappa shape index (κ1) is 13.5. The quantitative estimate of drug-likeness (QED) is 0.738. The molecule has 2 unspecified atom stereocenters. The van der Waals surface area contributed by atoms with Crippen molar-refractivity contribution in [3.63, 3.8) is 0 Å². The zero-order valence-electron chi connectivity index (χ0n) is 12.3. The lowest BCUT2D eigenvalue weighted by atomic mass is 9.65. The molecular formula is C16H21FN2O. The van der Waals surface area contributed by atoms with Crippen molar-refractivity contribution in [2.75, 3.05) is 6.54 Å². The number of halogens is 1. The van der Waals surface area contributed by atoms with Crippen molar-refractivity contribution in [1.82, 2.24) is 9.88 Å². The fourth-order valence-corrected chi connectivity index (χ4v) is 4.40. The highest BCUT2D eigenvalue weighted by atomic mass is 19.1. The van der Waals surface area contributed by atoms with Crippen LogP contribution in [-0.4, -0.2) is 28.4 Å². The molecule has 0 N–H and O–H groups in total. The second-order valence-electron chi connectivity index (χ2n) is 7.51. The summed E-state index contributed by atoms with van der Waals surface area (Å²) in [5.41, 5.74) is 0.885. The molecule has 2 bridgehead atoms. The Bertz CT molecular complexity index is 557. The molecule has 0 radical (unpaired) electrons. The molecule has 1 saturated heterocycles. The van der Waals surface area contributed by atoms with Crippen LogP contribution in [0, 0.1) is 16.8 Å². The summed E-state index contributed by atoms with van der Waals surface area (Å²) >= 11 is 0. The van der Waals surface area contributed by atoms with Crippen LogP contribution in [0.1, 0.15) is 50.4 Å². The van der Waals surface area contributed by atoms with Gasteiger partial charge in [0, 0.05) is 30.4 Å². The van der Waals surface area contributed by atoms with Crippen LogP contribution in [0.3, 0.4) is 0 Å². The monoisotopic (exact) mass is 276 g/mol. The third-order valence-corrected chi connectivity index (χ3v) is 4.65. The average Bonchev–Trinajstić information content (AvgIpc) is 2.57. The number of rotatable bonds is 1. The van der Waals surface area contributed by atoms with Crippen LogP contribution in [-0.2, 0) is 0 Å². The Labute approximate surface area is 119 Å². The van der Waals surface area contributed by atoms with E-state index in [0.29, 0.717) is 5.56 Å². The number of aromatic nitrogens is 1. The molecule has 1 aromatic heterocycles. The van der Waals surface area contributed by atoms with Gasteiger partial charge in [0.15, 0.2) is 0 Å². The van der Waals surface area contributed by atoms with E-state index < -0.39 is 5.95 Å². The van der Waals surface area contributed by atoms with Gasteiger partial charge in [-0.1, -0.05) is 20.8 Å². The molecule has 108 valence electrons. The van der Waals surface area contributed by atoms with Crippen LogP contribution >= 0.6 is 0 Å². The van der Waals surface area contributed by atoms with Gasteiger partial charge in [0.05, 0.1) is 0 Å². The van der Waals surface area contributed by atoms with Gasteiger partial charge in [-0.25, -0.2) is 4.98 Å². The molecule has 0 aromatic carbocycles. The summed E-state index contributed by atoms with van der Waals surface area (Å²) in [6.07, 6.45) is 4.60. The first-order valence-electron chi connectivity index (χ1n) is 7.21.